The Morgan fingerprint density at radius 2 is 2.18 bits per heavy atom. The van der Waals surface area contributed by atoms with Crippen molar-refractivity contribution in [2.75, 3.05) is 0 Å². The number of halogens is 1. The molecule has 1 N–H and O–H groups in total. The van der Waals surface area contributed by atoms with Crippen LogP contribution < -0.4 is 5.32 Å². The maximum atomic E-state index is 12.4. The van der Waals surface area contributed by atoms with Crippen molar-refractivity contribution >= 4 is 23.2 Å². The highest BCUT2D eigenvalue weighted by Crippen LogP contribution is 2.18. The first kappa shape index (κ1) is 19.8. The zero-order valence-electron chi connectivity index (χ0n) is 16.2. The van der Waals surface area contributed by atoms with Gasteiger partial charge in [-0.1, -0.05) is 23.7 Å². The molecule has 0 aliphatic rings. The lowest BCUT2D eigenvalue weighted by Gasteiger charge is -2.15. The van der Waals surface area contributed by atoms with Gasteiger partial charge in [-0.3, -0.25) is 4.79 Å². The van der Waals surface area contributed by atoms with E-state index in [1.807, 2.05) is 45.0 Å². The Morgan fingerprint density at radius 3 is 2.89 bits per heavy atom. The van der Waals surface area contributed by atoms with E-state index >= 15 is 0 Å². The lowest BCUT2D eigenvalue weighted by atomic mass is 10.0. The van der Waals surface area contributed by atoms with E-state index in [-0.39, 0.29) is 11.9 Å². The summed E-state index contributed by atoms with van der Waals surface area (Å²) >= 11 is 6.02. The van der Waals surface area contributed by atoms with Gasteiger partial charge >= 0.3 is 0 Å². The van der Waals surface area contributed by atoms with Crippen molar-refractivity contribution in [2.45, 2.75) is 46.1 Å². The molecule has 2 heterocycles. The van der Waals surface area contributed by atoms with E-state index in [1.165, 1.54) is 6.20 Å². The van der Waals surface area contributed by atoms with E-state index < -0.39 is 0 Å². The minimum atomic E-state index is -0.00777. The van der Waals surface area contributed by atoms with E-state index in [9.17, 15) is 4.79 Å². The van der Waals surface area contributed by atoms with E-state index in [1.54, 1.807) is 4.52 Å². The molecule has 1 atom stereocenters. The van der Waals surface area contributed by atoms with Crippen LogP contribution in [0.4, 0.5) is 0 Å². The summed E-state index contributed by atoms with van der Waals surface area (Å²) in [4.78, 5) is 16.9. The molecule has 1 amide bonds. The maximum Gasteiger partial charge on any atom is 0.220 e. The summed E-state index contributed by atoms with van der Waals surface area (Å²) in [5.41, 5.74) is 4.81. The van der Waals surface area contributed by atoms with Gasteiger partial charge in [0.15, 0.2) is 5.65 Å². The maximum absolute atomic E-state index is 12.4. The van der Waals surface area contributed by atoms with Crippen molar-refractivity contribution < 1.29 is 4.79 Å². The summed E-state index contributed by atoms with van der Waals surface area (Å²) < 4.78 is 1.67. The Hall–Kier alpha value is -2.91. The van der Waals surface area contributed by atoms with Crippen LogP contribution in [0, 0.1) is 25.2 Å². The first-order valence-corrected chi connectivity index (χ1v) is 9.54. The number of aryl methyl sites for hydroxylation is 2. The highest BCUT2D eigenvalue weighted by atomic mass is 35.5. The van der Waals surface area contributed by atoms with Crippen molar-refractivity contribution in [3.05, 3.63) is 63.6 Å². The van der Waals surface area contributed by atoms with Gasteiger partial charge in [-0.15, -0.1) is 0 Å². The Morgan fingerprint density at radius 1 is 1.39 bits per heavy atom. The quantitative estimate of drug-likeness (QED) is 0.691. The van der Waals surface area contributed by atoms with Crippen LogP contribution in [-0.2, 0) is 17.6 Å². The highest BCUT2D eigenvalue weighted by molar-refractivity contribution is 6.30. The van der Waals surface area contributed by atoms with Gasteiger partial charge in [0.2, 0.25) is 5.91 Å². The van der Waals surface area contributed by atoms with Crippen LogP contribution in [0.1, 0.15) is 41.4 Å². The molecule has 0 fully saturated rings. The third-order valence-corrected chi connectivity index (χ3v) is 5.00. The van der Waals surface area contributed by atoms with Crippen LogP contribution in [0.3, 0.4) is 0 Å². The van der Waals surface area contributed by atoms with Crippen molar-refractivity contribution in [1.82, 2.24) is 19.9 Å². The molecule has 28 heavy (non-hydrogen) atoms. The summed E-state index contributed by atoms with van der Waals surface area (Å²) in [6.07, 6.45) is 3.17. The summed E-state index contributed by atoms with van der Waals surface area (Å²) in [6, 6.07) is 9.78. The monoisotopic (exact) mass is 395 g/mol. The Balaban J connectivity index is 1.63. The molecule has 1 unspecified atom stereocenters. The van der Waals surface area contributed by atoms with Crippen LogP contribution in [0.5, 0.6) is 0 Å². The van der Waals surface area contributed by atoms with Gasteiger partial charge in [0.1, 0.15) is 11.6 Å². The predicted octanol–water partition coefficient (Wildman–Crippen LogP) is 3.55. The van der Waals surface area contributed by atoms with Gasteiger partial charge in [-0.2, -0.15) is 10.4 Å². The molecule has 0 bridgehead atoms. The standard InChI is InChI=1S/C21H22ClN5O/c1-13(9-16-5-4-6-18(22)10-16)25-20(28)8-7-19-14(2)26-21-17(11-23)12-24-27(21)15(19)3/h4-6,10,12-13H,7-9H2,1-3H3,(H,25,28). The Labute approximate surface area is 169 Å². The molecular formula is C21H22ClN5O. The molecule has 2 aromatic heterocycles. The number of nitriles is 1. The number of nitrogens with zero attached hydrogens (tertiary/aromatic N) is 4. The smallest absolute Gasteiger partial charge is 0.220 e. The zero-order chi connectivity index (χ0) is 20.3. The minimum Gasteiger partial charge on any atom is -0.353 e. The molecule has 3 rings (SSSR count). The fourth-order valence-corrected chi connectivity index (χ4v) is 3.62. The lowest BCUT2D eigenvalue weighted by molar-refractivity contribution is -0.121. The second kappa shape index (κ2) is 8.41. The molecule has 6 nitrogen and oxygen atoms in total. The fourth-order valence-electron chi connectivity index (χ4n) is 3.41. The number of amides is 1. The number of fused-ring (bicyclic) bond motifs is 1. The van der Waals surface area contributed by atoms with Crippen molar-refractivity contribution in [3.8, 4) is 6.07 Å². The van der Waals surface area contributed by atoms with Crippen molar-refractivity contribution in [3.63, 3.8) is 0 Å². The largest absolute Gasteiger partial charge is 0.353 e. The third-order valence-electron chi connectivity index (χ3n) is 4.77. The minimum absolute atomic E-state index is 0.00777. The molecule has 7 heteroatoms. The van der Waals surface area contributed by atoms with Crippen molar-refractivity contribution in [1.29, 1.82) is 5.26 Å². The van der Waals surface area contributed by atoms with Crippen LogP contribution in [0.15, 0.2) is 30.5 Å². The van der Waals surface area contributed by atoms with Crippen molar-refractivity contribution in [2.24, 2.45) is 0 Å². The summed E-state index contributed by atoms with van der Waals surface area (Å²) in [7, 11) is 0. The molecule has 0 aliphatic heterocycles. The Bertz CT molecular complexity index is 1070. The number of aromatic nitrogens is 3. The molecule has 3 aromatic rings. The first-order chi connectivity index (χ1) is 13.4. The predicted molar refractivity (Wildman–Crippen MR) is 108 cm³/mol. The second-order valence-electron chi connectivity index (χ2n) is 6.97. The number of rotatable bonds is 6. The van der Waals surface area contributed by atoms with Gasteiger partial charge in [-0.25, -0.2) is 9.50 Å². The number of carbonyl (C=O) groups is 1. The molecule has 0 saturated heterocycles. The fraction of sp³-hybridized carbons (Fsp3) is 0.333. The van der Waals surface area contributed by atoms with Crippen LogP contribution in [0.25, 0.3) is 5.65 Å². The molecule has 0 saturated carbocycles. The SMILES string of the molecule is Cc1nc2c(C#N)cnn2c(C)c1CCC(=O)NC(C)Cc1cccc(Cl)c1. The summed E-state index contributed by atoms with van der Waals surface area (Å²) in [5.74, 6) is -0.00777. The summed E-state index contributed by atoms with van der Waals surface area (Å²) in [5, 5.41) is 17.1. The van der Waals surface area contributed by atoms with Gasteiger partial charge < -0.3 is 5.32 Å². The van der Waals surface area contributed by atoms with E-state index in [0.29, 0.717) is 29.1 Å². The van der Waals surface area contributed by atoms with Gasteiger partial charge in [0.25, 0.3) is 0 Å². The number of nitrogens with one attached hydrogen (secondary N) is 1. The number of hydrogen-bond donors (Lipinski definition) is 1. The number of carbonyl (C=O) groups excluding carboxylic acids is 1. The van der Waals surface area contributed by atoms with E-state index in [0.717, 1.165) is 28.9 Å². The van der Waals surface area contributed by atoms with Crippen LogP contribution in [-0.4, -0.2) is 26.5 Å². The topological polar surface area (TPSA) is 83.1 Å². The normalized spacial score (nSPS) is 12.0. The van der Waals surface area contributed by atoms with E-state index in [4.69, 9.17) is 16.9 Å². The zero-order valence-corrected chi connectivity index (χ0v) is 16.9. The highest BCUT2D eigenvalue weighted by Gasteiger charge is 2.15. The van der Waals surface area contributed by atoms with Crippen LogP contribution >= 0.6 is 11.6 Å². The Kier molecular flexibility index (Phi) is 5.96. The summed E-state index contributed by atoms with van der Waals surface area (Å²) in [6.45, 7) is 5.82. The molecule has 0 spiro atoms. The average Bonchev–Trinajstić information content (AvgIpc) is 3.04. The number of hydrogen-bond acceptors (Lipinski definition) is 4. The van der Waals surface area contributed by atoms with Gasteiger partial charge in [0, 0.05) is 28.9 Å². The average molecular weight is 396 g/mol. The van der Waals surface area contributed by atoms with Gasteiger partial charge in [0.05, 0.1) is 6.20 Å². The van der Waals surface area contributed by atoms with E-state index in [2.05, 4.69) is 21.5 Å². The number of benzene rings is 1. The van der Waals surface area contributed by atoms with Crippen LogP contribution in [0.2, 0.25) is 5.02 Å². The first-order valence-electron chi connectivity index (χ1n) is 9.16. The molecule has 144 valence electrons. The second-order valence-corrected chi connectivity index (χ2v) is 7.41. The third kappa shape index (κ3) is 4.32. The van der Waals surface area contributed by atoms with Gasteiger partial charge in [-0.05, 0) is 56.9 Å². The molecule has 0 aliphatic carbocycles. The lowest BCUT2D eigenvalue weighted by Crippen LogP contribution is -2.34. The molecule has 1 aromatic carbocycles. The molecular weight excluding hydrogens is 374 g/mol. The molecule has 0 radical (unpaired) electrons.